The summed E-state index contributed by atoms with van der Waals surface area (Å²) < 4.78 is 0.0701. The second-order valence-electron chi connectivity index (χ2n) is 7.18. The Balaban J connectivity index is 1.64. The molecule has 0 saturated carbocycles. The Morgan fingerprint density at radius 1 is 1.00 bits per heavy atom. The van der Waals surface area contributed by atoms with Crippen LogP contribution in [-0.4, -0.2) is 51.1 Å². The highest BCUT2D eigenvalue weighted by Gasteiger charge is 2.42. The molecular formula is C22H17N3O5S2. The second-order valence-corrected chi connectivity index (χ2v) is 8.82. The van der Waals surface area contributed by atoms with E-state index in [1.807, 2.05) is 19.1 Å². The number of thiocarbonyl (C=S) groups is 1. The quantitative estimate of drug-likeness (QED) is 0.514. The summed E-state index contributed by atoms with van der Waals surface area (Å²) in [4.78, 5) is 52.2. The minimum absolute atomic E-state index is 0.0649. The van der Waals surface area contributed by atoms with E-state index in [1.165, 1.54) is 4.90 Å². The summed E-state index contributed by atoms with van der Waals surface area (Å²) in [6.45, 7) is 1.11. The number of amides is 3. The molecule has 0 aromatic heterocycles. The van der Waals surface area contributed by atoms with Gasteiger partial charge in [0.05, 0.1) is 16.2 Å². The van der Waals surface area contributed by atoms with Crippen molar-refractivity contribution in [2.45, 2.75) is 6.92 Å². The number of aliphatic carboxylic acids is 1. The SMILES string of the molecule is Cc1ccc(NC(=O)CN2C(=O)/C(=C3\SC(=S)N(CC(=O)O)C3=O)c3ccccc32)cc1. The maximum atomic E-state index is 13.3. The molecule has 0 atom stereocenters. The van der Waals surface area contributed by atoms with Gasteiger partial charge >= 0.3 is 5.97 Å². The zero-order chi connectivity index (χ0) is 23.0. The van der Waals surface area contributed by atoms with Crippen molar-refractivity contribution < 1.29 is 24.3 Å². The summed E-state index contributed by atoms with van der Waals surface area (Å²) in [5, 5.41) is 11.8. The lowest BCUT2D eigenvalue weighted by Gasteiger charge is -2.17. The van der Waals surface area contributed by atoms with E-state index in [0.717, 1.165) is 22.2 Å². The van der Waals surface area contributed by atoms with Crippen LogP contribution in [0, 0.1) is 6.92 Å². The molecule has 162 valence electrons. The lowest BCUT2D eigenvalue weighted by Crippen LogP contribution is -2.36. The first-order valence-corrected chi connectivity index (χ1v) is 10.8. The van der Waals surface area contributed by atoms with E-state index in [9.17, 15) is 19.2 Å². The number of rotatable bonds is 5. The molecule has 0 radical (unpaired) electrons. The van der Waals surface area contributed by atoms with Gasteiger partial charge in [0.25, 0.3) is 11.8 Å². The van der Waals surface area contributed by atoms with Gasteiger partial charge in [-0.1, -0.05) is 59.9 Å². The second kappa shape index (κ2) is 8.56. The largest absolute Gasteiger partial charge is 0.480 e. The molecule has 2 aromatic rings. The van der Waals surface area contributed by atoms with Gasteiger partial charge in [-0.15, -0.1) is 0 Å². The molecular weight excluding hydrogens is 450 g/mol. The first-order chi connectivity index (χ1) is 15.3. The van der Waals surface area contributed by atoms with Crippen molar-refractivity contribution >= 4 is 68.9 Å². The number of fused-ring (bicyclic) bond motifs is 1. The summed E-state index contributed by atoms with van der Waals surface area (Å²) >= 11 is 6.04. The number of carboxylic acid groups (broad SMARTS) is 1. The van der Waals surface area contributed by atoms with Crippen LogP contribution in [0.1, 0.15) is 11.1 Å². The molecule has 0 aliphatic carbocycles. The number of para-hydroxylation sites is 1. The molecule has 2 N–H and O–H groups in total. The lowest BCUT2D eigenvalue weighted by molar-refractivity contribution is -0.140. The van der Waals surface area contributed by atoms with E-state index in [1.54, 1.807) is 36.4 Å². The fourth-order valence-electron chi connectivity index (χ4n) is 3.46. The monoisotopic (exact) mass is 467 g/mol. The average Bonchev–Trinajstić information content (AvgIpc) is 3.17. The average molecular weight is 468 g/mol. The van der Waals surface area contributed by atoms with E-state index in [0.29, 0.717) is 16.9 Å². The maximum Gasteiger partial charge on any atom is 0.323 e. The van der Waals surface area contributed by atoms with Crippen LogP contribution in [0.2, 0.25) is 0 Å². The Kier molecular flexibility index (Phi) is 5.81. The van der Waals surface area contributed by atoms with E-state index in [-0.39, 0.29) is 21.3 Å². The molecule has 0 unspecified atom stereocenters. The molecule has 0 spiro atoms. The summed E-state index contributed by atoms with van der Waals surface area (Å²) in [7, 11) is 0. The summed E-state index contributed by atoms with van der Waals surface area (Å²) in [5.74, 6) is -2.75. The van der Waals surface area contributed by atoms with Gasteiger partial charge in [-0.3, -0.25) is 29.0 Å². The number of benzene rings is 2. The van der Waals surface area contributed by atoms with Crippen molar-refractivity contribution in [1.82, 2.24) is 4.90 Å². The van der Waals surface area contributed by atoms with Crippen LogP contribution < -0.4 is 10.2 Å². The Hall–Kier alpha value is -3.50. The van der Waals surface area contributed by atoms with Crippen LogP contribution in [-0.2, 0) is 19.2 Å². The number of hydrogen-bond acceptors (Lipinski definition) is 6. The molecule has 8 nitrogen and oxygen atoms in total. The fourth-order valence-corrected chi connectivity index (χ4v) is 4.79. The standard InChI is InChI=1S/C22H17N3O5S2/c1-12-6-8-13(9-7-12)23-16(26)10-24-15-5-3-2-4-14(15)18(20(24)29)19-21(30)25(11-17(27)28)22(31)32-19/h2-9H,10-11H2,1H3,(H,23,26)(H,27,28)/b19-18-. The predicted octanol–water partition coefficient (Wildman–Crippen LogP) is 2.64. The topological polar surface area (TPSA) is 107 Å². The van der Waals surface area contributed by atoms with E-state index in [4.69, 9.17) is 17.3 Å². The van der Waals surface area contributed by atoms with Crippen LogP contribution in [0.4, 0.5) is 11.4 Å². The Morgan fingerprint density at radius 2 is 1.69 bits per heavy atom. The Morgan fingerprint density at radius 3 is 2.38 bits per heavy atom. The zero-order valence-corrected chi connectivity index (χ0v) is 18.5. The van der Waals surface area contributed by atoms with Crippen LogP contribution in [0.25, 0.3) is 5.57 Å². The molecule has 1 saturated heterocycles. The van der Waals surface area contributed by atoms with Gasteiger partial charge in [-0.25, -0.2) is 0 Å². The number of thioether (sulfide) groups is 1. The van der Waals surface area contributed by atoms with Crippen molar-refractivity contribution in [1.29, 1.82) is 0 Å². The van der Waals surface area contributed by atoms with Crippen molar-refractivity contribution in [2.24, 2.45) is 0 Å². The van der Waals surface area contributed by atoms with Gasteiger partial charge in [0, 0.05) is 11.3 Å². The highest BCUT2D eigenvalue weighted by Crippen LogP contribution is 2.44. The predicted molar refractivity (Wildman–Crippen MR) is 125 cm³/mol. The molecule has 3 amide bonds. The van der Waals surface area contributed by atoms with Gasteiger partial charge in [0.15, 0.2) is 0 Å². The number of carbonyl (C=O) groups is 4. The maximum absolute atomic E-state index is 13.3. The van der Waals surface area contributed by atoms with E-state index < -0.39 is 30.2 Å². The van der Waals surface area contributed by atoms with Crippen molar-refractivity contribution in [2.75, 3.05) is 23.3 Å². The minimum Gasteiger partial charge on any atom is -0.480 e. The normalized spacial score (nSPS) is 17.7. The van der Waals surface area contributed by atoms with Gasteiger partial charge in [0.2, 0.25) is 5.91 Å². The molecule has 1 fully saturated rings. The van der Waals surface area contributed by atoms with Gasteiger partial charge in [-0.2, -0.15) is 0 Å². The number of nitrogens with zero attached hydrogens (tertiary/aromatic N) is 2. The molecule has 10 heteroatoms. The van der Waals surface area contributed by atoms with Crippen LogP contribution in [0.5, 0.6) is 0 Å². The smallest absolute Gasteiger partial charge is 0.323 e. The highest BCUT2D eigenvalue weighted by atomic mass is 32.2. The lowest BCUT2D eigenvalue weighted by atomic mass is 10.1. The molecule has 32 heavy (non-hydrogen) atoms. The zero-order valence-electron chi connectivity index (χ0n) is 16.8. The molecule has 2 aliphatic rings. The number of carboxylic acids is 1. The third-order valence-electron chi connectivity index (χ3n) is 4.93. The number of carbonyl (C=O) groups excluding carboxylic acids is 3. The first kappa shape index (κ1) is 21.7. The number of anilines is 2. The summed E-state index contributed by atoms with van der Waals surface area (Å²) in [5.41, 5.74) is 2.77. The molecule has 0 bridgehead atoms. The third-order valence-corrected chi connectivity index (χ3v) is 6.38. The van der Waals surface area contributed by atoms with Crippen LogP contribution in [0.15, 0.2) is 53.4 Å². The van der Waals surface area contributed by atoms with Gasteiger partial charge in [0.1, 0.15) is 17.4 Å². The van der Waals surface area contributed by atoms with Crippen molar-refractivity contribution in [3.8, 4) is 0 Å². The third kappa shape index (κ3) is 4.02. The Bertz CT molecular complexity index is 1210. The van der Waals surface area contributed by atoms with Crippen LogP contribution in [0.3, 0.4) is 0 Å². The minimum atomic E-state index is -1.21. The first-order valence-electron chi connectivity index (χ1n) is 9.54. The van der Waals surface area contributed by atoms with Crippen molar-refractivity contribution in [3.63, 3.8) is 0 Å². The number of hydrogen-bond donors (Lipinski definition) is 2. The summed E-state index contributed by atoms with van der Waals surface area (Å²) in [6.07, 6.45) is 0. The molecule has 2 heterocycles. The molecule has 2 aromatic carbocycles. The van der Waals surface area contributed by atoms with Crippen molar-refractivity contribution in [3.05, 3.63) is 64.6 Å². The van der Waals surface area contributed by atoms with Crippen LogP contribution >= 0.6 is 24.0 Å². The number of aryl methyl sites for hydroxylation is 1. The summed E-state index contributed by atoms with van der Waals surface area (Å²) in [6, 6.07) is 14.1. The Labute approximate surface area is 192 Å². The molecule has 4 rings (SSSR count). The fraction of sp³-hybridized carbons (Fsp3) is 0.136. The van der Waals surface area contributed by atoms with Gasteiger partial charge in [-0.05, 0) is 25.1 Å². The van der Waals surface area contributed by atoms with E-state index in [2.05, 4.69) is 5.32 Å². The number of nitrogens with one attached hydrogen (secondary N) is 1. The van der Waals surface area contributed by atoms with Gasteiger partial charge < -0.3 is 10.4 Å². The molecule has 2 aliphatic heterocycles. The van der Waals surface area contributed by atoms with E-state index >= 15 is 0 Å². The highest BCUT2D eigenvalue weighted by molar-refractivity contribution is 8.26.